The Morgan fingerprint density at radius 3 is 2.78 bits per heavy atom. The van der Waals surface area contributed by atoms with E-state index in [-0.39, 0.29) is 22.6 Å². The average molecular weight is 276 g/mol. The van der Waals surface area contributed by atoms with E-state index < -0.39 is 6.61 Å². The van der Waals surface area contributed by atoms with Crippen molar-refractivity contribution < 1.29 is 18.3 Å². The van der Waals surface area contributed by atoms with Gasteiger partial charge in [-0.15, -0.1) is 11.3 Å². The number of nitrogens with zero attached hydrogens (tertiary/aromatic N) is 1. The second-order valence-corrected chi connectivity index (χ2v) is 5.04. The molecule has 4 nitrogen and oxygen atoms in total. The van der Waals surface area contributed by atoms with E-state index in [4.69, 9.17) is 5.73 Å². The minimum absolute atomic E-state index is 0.0464. The van der Waals surface area contributed by atoms with Crippen LogP contribution in [0.1, 0.15) is 22.5 Å². The van der Waals surface area contributed by atoms with Gasteiger partial charge in [-0.1, -0.05) is 0 Å². The molecule has 1 aromatic heterocycles. The molecule has 1 saturated heterocycles. The maximum Gasteiger partial charge on any atom is 0.387 e. The molecule has 1 amide bonds. The van der Waals surface area contributed by atoms with Gasteiger partial charge < -0.3 is 15.4 Å². The average Bonchev–Trinajstić information content (AvgIpc) is 2.76. The van der Waals surface area contributed by atoms with Crippen molar-refractivity contribution in [1.29, 1.82) is 0 Å². The standard InChI is InChI=1S/C11H14F2N2O2S/c12-11(13)17-8-3-6-18-9(8)10(16)15-4-1-7(14)2-5-15/h3,6-7,11H,1-2,4-5,14H2. The molecule has 0 radical (unpaired) electrons. The molecule has 0 spiro atoms. The summed E-state index contributed by atoms with van der Waals surface area (Å²) in [6, 6.07) is 1.51. The molecule has 0 aliphatic carbocycles. The number of hydrogen-bond acceptors (Lipinski definition) is 4. The Morgan fingerprint density at radius 2 is 2.17 bits per heavy atom. The van der Waals surface area contributed by atoms with Gasteiger partial charge in [-0.05, 0) is 24.3 Å². The molecular formula is C11H14F2N2O2S. The Kier molecular flexibility index (Phi) is 4.13. The number of likely N-dealkylation sites (tertiary alicyclic amines) is 1. The summed E-state index contributed by atoms with van der Waals surface area (Å²) in [5.41, 5.74) is 5.75. The lowest BCUT2D eigenvalue weighted by Crippen LogP contribution is -2.42. The molecule has 2 rings (SSSR count). The molecule has 1 aliphatic heterocycles. The summed E-state index contributed by atoms with van der Waals surface area (Å²) >= 11 is 1.11. The summed E-state index contributed by atoms with van der Waals surface area (Å²) in [6.07, 6.45) is 1.48. The van der Waals surface area contributed by atoms with Gasteiger partial charge in [-0.2, -0.15) is 8.78 Å². The summed E-state index contributed by atoms with van der Waals surface area (Å²) in [5, 5.41) is 1.57. The normalized spacial score (nSPS) is 17.2. The number of ether oxygens (including phenoxy) is 1. The maximum atomic E-state index is 12.2. The highest BCUT2D eigenvalue weighted by Crippen LogP contribution is 2.28. The van der Waals surface area contributed by atoms with Gasteiger partial charge in [0.05, 0.1) is 0 Å². The number of thiophene rings is 1. The van der Waals surface area contributed by atoms with Crippen molar-refractivity contribution in [3.8, 4) is 5.75 Å². The molecule has 1 aliphatic rings. The highest BCUT2D eigenvalue weighted by atomic mass is 32.1. The topological polar surface area (TPSA) is 55.6 Å². The predicted molar refractivity (Wildman–Crippen MR) is 64.1 cm³/mol. The number of hydrogen-bond donors (Lipinski definition) is 1. The molecule has 0 unspecified atom stereocenters. The summed E-state index contributed by atoms with van der Waals surface area (Å²) in [4.78, 5) is 14.0. The van der Waals surface area contributed by atoms with Crippen LogP contribution in [0.4, 0.5) is 8.78 Å². The van der Waals surface area contributed by atoms with Crippen LogP contribution in [0.2, 0.25) is 0 Å². The van der Waals surface area contributed by atoms with Crippen LogP contribution >= 0.6 is 11.3 Å². The number of nitrogens with two attached hydrogens (primary N) is 1. The third-order valence-corrected chi connectivity index (χ3v) is 3.75. The predicted octanol–water partition coefficient (Wildman–Crippen LogP) is 1.91. The number of halogens is 2. The number of carbonyl (C=O) groups excluding carboxylic acids is 1. The van der Waals surface area contributed by atoms with Crippen LogP contribution < -0.4 is 10.5 Å². The Balaban J connectivity index is 2.06. The third-order valence-electron chi connectivity index (χ3n) is 2.87. The van der Waals surface area contributed by atoms with E-state index in [1.54, 1.807) is 10.3 Å². The maximum absolute atomic E-state index is 12.2. The highest BCUT2D eigenvalue weighted by molar-refractivity contribution is 7.12. The zero-order chi connectivity index (χ0) is 13.1. The van der Waals surface area contributed by atoms with Crippen LogP contribution in [0.5, 0.6) is 5.75 Å². The zero-order valence-corrected chi connectivity index (χ0v) is 10.5. The molecule has 2 heterocycles. The van der Waals surface area contributed by atoms with Gasteiger partial charge in [0, 0.05) is 19.1 Å². The second-order valence-electron chi connectivity index (χ2n) is 4.12. The fourth-order valence-corrected chi connectivity index (χ4v) is 2.68. The Bertz CT molecular complexity index is 417. The van der Waals surface area contributed by atoms with Gasteiger partial charge in [-0.3, -0.25) is 4.79 Å². The van der Waals surface area contributed by atoms with E-state index in [1.807, 2.05) is 0 Å². The van der Waals surface area contributed by atoms with Crippen LogP contribution in [0.25, 0.3) is 0 Å². The van der Waals surface area contributed by atoms with Crippen molar-refractivity contribution in [2.45, 2.75) is 25.5 Å². The summed E-state index contributed by atoms with van der Waals surface area (Å²) < 4.78 is 28.7. The number of carbonyl (C=O) groups is 1. The highest BCUT2D eigenvalue weighted by Gasteiger charge is 2.25. The van der Waals surface area contributed by atoms with Gasteiger partial charge in [0.15, 0.2) is 0 Å². The Hall–Kier alpha value is -1.21. The molecule has 1 fully saturated rings. The summed E-state index contributed by atoms with van der Waals surface area (Å²) in [7, 11) is 0. The number of piperidine rings is 1. The second kappa shape index (κ2) is 5.62. The van der Waals surface area contributed by atoms with E-state index in [9.17, 15) is 13.6 Å². The molecule has 7 heteroatoms. The smallest absolute Gasteiger partial charge is 0.387 e. The zero-order valence-electron chi connectivity index (χ0n) is 9.64. The van der Waals surface area contributed by atoms with Gasteiger partial charge >= 0.3 is 6.61 Å². The molecule has 0 bridgehead atoms. The molecule has 2 N–H and O–H groups in total. The minimum atomic E-state index is -2.92. The lowest BCUT2D eigenvalue weighted by atomic mass is 10.1. The van der Waals surface area contributed by atoms with Crippen LogP contribution in [0.15, 0.2) is 11.4 Å². The van der Waals surface area contributed by atoms with E-state index in [0.717, 1.165) is 24.2 Å². The largest absolute Gasteiger partial charge is 0.433 e. The summed E-state index contributed by atoms with van der Waals surface area (Å²) in [6.45, 7) is -1.79. The van der Waals surface area contributed by atoms with Crippen LogP contribution in [0.3, 0.4) is 0 Å². The Labute approximate surface area is 107 Å². The van der Waals surface area contributed by atoms with E-state index in [1.165, 1.54) is 6.07 Å². The third kappa shape index (κ3) is 2.97. The lowest BCUT2D eigenvalue weighted by Gasteiger charge is -2.30. The molecule has 0 saturated carbocycles. The van der Waals surface area contributed by atoms with Crippen LogP contribution in [0, 0.1) is 0 Å². The monoisotopic (exact) mass is 276 g/mol. The van der Waals surface area contributed by atoms with Crippen LogP contribution in [-0.4, -0.2) is 36.5 Å². The molecule has 18 heavy (non-hydrogen) atoms. The van der Waals surface area contributed by atoms with Crippen molar-refractivity contribution in [3.05, 3.63) is 16.3 Å². The van der Waals surface area contributed by atoms with Crippen molar-refractivity contribution >= 4 is 17.2 Å². The fraction of sp³-hybridized carbons (Fsp3) is 0.545. The molecule has 0 atom stereocenters. The van der Waals surface area contributed by atoms with Gasteiger partial charge in [0.1, 0.15) is 10.6 Å². The minimum Gasteiger partial charge on any atom is -0.433 e. The molecule has 1 aromatic rings. The molecular weight excluding hydrogens is 262 g/mol. The summed E-state index contributed by atoms with van der Waals surface area (Å²) in [5.74, 6) is -0.303. The van der Waals surface area contributed by atoms with Crippen molar-refractivity contribution in [2.24, 2.45) is 5.73 Å². The first kappa shape index (κ1) is 13.2. The van der Waals surface area contributed by atoms with Gasteiger partial charge in [-0.25, -0.2) is 0 Å². The van der Waals surface area contributed by atoms with Gasteiger partial charge in [0.2, 0.25) is 0 Å². The van der Waals surface area contributed by atoms with E-state index >= 15 is 0 Å². The molecule has 100 valence electrons. The fourth-order valence-electron chi connectivity index (χ4n) is 1.89. The van der Waals surface area contributed by atoms with Crippen molar-refractivity contribution in [1.82, 2.24) is 4.90 Å². The van der Waals surface area contributed by atoms with Crippen LogP contribution in [-0.2, 0) is 0 Å². The first-order chi connectivity index (χ1) is 8.58. The number of amides is 1. The number of rotatable bonds is 3. The quantitative estimate of drug-likeness (QED) is 0.917. The van der Waals surface area contributed by atoms with E-state index in [2.05, 4.69) is 4.74 Å². The first-order valence-corrected chi connectivity index (χ1v) is 6.53. The van der Waals surface area contributed by atoms with E-state index in [0.29, 0.717) is 13.1 Å². The van der Waals surface area contributed by atoms with Gasteiger partial charge in [0.25, 0.3) is 5.91 Å². The van der Waals surface area contributed by atoms with Crippen molar-refractivity contribution in [2.75, 3.05) is 13.1 Å². The Morgan fingerprint density at radius 1 is 1.50 bits per heavy atom. The van der Waals surface area contributed by atoms with Crippen molar-refractivity contribution in [3.63, 3.8) is 0 Å². The number of alkyl halides is 2. The SMILES string of the molecule is NC1CCN(C(=O)c2sccc2OC(F)F)CC1. The first-order valence-electron chi connectivity index (χ1n) is 5.65. The molecule has 0 aromatic carbocycles. The lowest BCUT2D eigenvalue weighted by molar-refractivity contribution is -0.0499.